The number of hydrogen-bond donors (Lipinski definition) is 0. The molecule has 0 saturated heterocycles. The van der Waals surface area contributed by atoms with Crippen molar-refractivity contribution in [3.63, 3.8) is 0 Å². The summed E-state index contributed by atoms with van der Waals surface area (Å²) in [6, 6.07) is 9.79. The summed E-state index contributed by atoms with van der Waals surface area (Å²) in [6.07, 6.45) is 4.57. The van der Waals surface area contributed by atoms with Crippen molar-refractivity contribution in [1.82, 2.24) is 29.3 Å². The van der Waals surface area contributed by atoms with E-state index in [1.807, 2.05) is 37.4 Å². The topological polar surface area (TPSA) is 97.0 Å². The van der Waals surface area contributed by atoms with Gasteiger partial charge in [0.1, 0.15) is 6.61 Å². The van der Waals surface area contributed by atoms with Gasteiger partial charge in [0.15, 0.2) is 11.2 Å². The molecule has 0 aliphatic carbocycles. The van der Waals surface area contributed by atoms with Crippen LogP contribution in [0, 0.1) is 0 Å². The second kappa shape index (κ2) is 7.47. The zero-order chi connectivity index (χ0) is 19.5. The Morgan fingerprint density at radius 2 is 2.00 bits per heavy atom. The van der Waals surface area contributed by atoms with E-state index in [1.165, 1.54) is 17.1 Å². The Morgan fingerprint density at radius 1 is 1.18 bits per heavy atom. The molecule has 0 radical (unpaired) electrons. The predicted octanol–water partition coefficient (Wildman–Crippen LogP) is 2.30. The minimum atomic E-state index is -0.451. The van der Waals surface area contributed by atoms with Gasteiger partial charge in [-0.3, -0.25) is 0 Å². The number of esters is 1. The molecule has 4 aromatic rings. The number of imidazole rings is 1. The third-order valence-corrected chi connectivity index (χ3v) is 4.04. The molecule has 142 valence electrons. The van der Waals surface area contributed by atoms with E-state index < -0.39 is 5.97 Å². The quantitative estimate of drug-likeness (QED) is 0.475. The average Bonchev–Trinajstić information content (AvgIpc) is 3.35. The molecule has 0 spiro atoms. The van der Waals surface area contributed by atoms with Crippen molar-refractivity contribution in [3.8, 4) is 11.8 Å². The summed E-state index contributed by atoms with van der Waals surface area (Å²) in [5.74, 6) is 0.190. The van der Waals surface area contributed by atoms with E-state index >= 15 is 0 Å². The predicted molar refractivity (Wildman–Crippen MR) is 100 cm³/mol. The Morgan fingerprint density at radius 3 is 2.79 bits per heavy atom. The fraction of sp³-hybridized carbons (Fsp3) is 0.211. The van der Waals surface area contributed by atoms with Crippen molar-refractivity contribution in [2.75, 3.05) is 6.61 Å². The van der Waals surface area contributed by atoms with Gasteiger partial charge in [-0.25, -0.2) is 14.5 Å². The summed E-state index contributed by atoms with van der Waals surface area (Å²) in [4.78, 5) is 25.1. The van der Waals surface area contributed by atoms with Gasteiger partial charge in [0.25, 0.3) is 5.95 Å². The average molecular weight is 378 g/mol. The molecule has 3 aromatic heterocycles. The molecule has 4 rings (SSSR count). The zero-order valence-corrected chi connectivity index (χ0v) is 15.4. The summed E-state index contributed by atoms with van der Waals surface area (Å²) >= 11 is 0. The lowest BCUT2D eigenvalue weighted by Crippen LogP contribution is -2.07. The number of hydrogen-bond acceptors (Lipinski definition) is 7. The summed E-state index contributed by atoms with van der Waals surface area (Å²) in [5, 5.41) is 4.16. The normalized spacial score (nSPS) is 10.9. The smallest absolute Gasteiger partial charge is 0.341 e. The highest BCUT2D eigenvalue weighted by Gasteiger charge is 2.17. The van der Waals surface area contributed by atoms with Crippen molar-refractivity contribution in [2.24, 2.45) is 7.05 Å². The van der Waals surface area contributed by atoms with Gasteiger partial charge in [-0.15, -0.1) is 0 Å². The molecule has 0 saturated carbocycles. The van der Waals surface area contributed by atoms with Crippen LogP contribution in [0.25, 0.3) is 17.1 Å². The Bertz CT molecular complexity index is 1120. The summed E-state index contributed by atoms with van der Waals surface area (Å²) < 4.78 is 14.1. The highest BCUT2D eigenvalue weighted by molar-refractivity contribution is 5.88. The van der Waals surface area contributed by atoms with Gasteiger partial charge in [-0.05, 0) is 12.5 Å². The van der Waals surface area contributed by atoms with Crippen LogP contribution in [0.15, 0.2) is 49.1 Å². The maximum Gasteiger partial charge on any atom is 0.341 e. The maximum atomic E-state index is 11.9. The summed E-state index contributed by atoms with van der Waals surface area (Å²) in [6.45, 7) is 2.39. The van der Waals surface area contributed by atoms with Crippen molar-refractivity contribution in [2.45, 2.75) is 13.5 Å². The van der Waals surface area contributed by atoms with Crippen molar-refractivity contribution in [3.05, 3.63) is 60.2 Å². The lowest BCUT2D eigenvalue weighted by atomic mass is 10.2. The molecule has 0 atom stereocenters. The molecule has 3 heterocycles. The second-order valence-electron chi connectivity index (χ2n) is 6.02. The highest BCUT2D eigenvalue weighted by Crippen LogP contribution is 2.23. The van der Waals surface area contributed by atoms with Crippen LogP contribution >= 0.6 is 0 Å². The molecule has 0 N–H and O–H groups in total. The first kappa shape index (κ1) is 17.7. The van der Waals surface area contributed by atoms with Crippen LogP contribution in [0.1, 0.15) is 22.8 Å². The maximum absolute atomic E-state index is 11.9. The minimum absolute atomic E-state index is 0.254. The van der Waals surface area contributed by atoms with Gasteiger partial charge in [0.05, 0.1) is 24.7 Å². The van der Waals surface area contributed by atoms with Crippen molar-refractivity contribution < 1.29 is 14.3 Å². The highest BCUT2D eigenvalue weighted by atomic mass is 16.5. The molecule has 9 heteroatoms. The number of aromatic nitrogens is 6. The van der Waals surface area contributed by atoms with E-state index in [1.54, 1.807) is 17.8 Å². The van der Waals surface area contributed by atoms with Crippen molar-refractivity contribution in [1.29, 1.82) is 0 Å². The van der Waals surface area contributed by atoms with Crippen LogP contribution in [-0.4, -0.2) is 41.9 Å². The SMILES string of the molecule is CCOC(=O)c1cnn(-c2nc(OCc3ccccc3)c3c(ncn3C)n2)c1. The number of ether oxygens (including phenoxy) is 2. The molecule has 1 aromatic carbocycles. The van der Waals surface area contributed by atoms with Gasteiger partial charge < -0.3 is 14.0 Å². The molecule has 0 bridgehead atoms. The Hall–Kier alpha value is -3.75. The molecule has 0 amide bonds. The molecule has 0 unspecified atom stereocenters. The van der Waals surface area contributed by atoms with Crippen LogP contribution < -0.4 is 4.74 Å². The molecule has 0 fully saturated rings. The van der Waals surface area contributed by atoms with Gasteiger partial charge >= 0.3 is 5.97 Å². The molecular formula is C19H18N6O3. The van der Waals surface area contributed by atoms with Gasteiger partial charge in [-0.2, -0.15) is 15.1 Å². The Kier molecular flexibility index (Phi) is 4.71. The standard InChI is InChI=1S/C19H18N6O3/c1-3-27-18(26)14-9-21-25(10-14)19-22-16-15(24(2)12-20-16)17(23-19)28-11-13-7-5-4-6-8-13/h4-10,12H,3,11H2,1-2H3. The monoisotopic (exact) mass is 378 g/mol. The van der Waals surface area contributed by atoms with Crippen molar-refractivity contribution >= 4 is 17.1 Å². The summed E-state index contributed by atoms with van der Waals surface area (Å²) in [5.41, 5.74) is 2.49. The number of carbonyl (C=O) groups is 1. The van der Waals surface area contributed by atoms with E-state index in [9.17, 15) is 4.79 Å². The molecule has 28 heavy (non-hydrogen) atoms. The van der Waals surface area contributed by atoms with Crippen LogP contribution in [0.4, 0.5) is 0 Å². The van der Waals surface area contributed by atoms with Crippen LogP contribution in [0.3, 0.4) is 0 Å². The first-order valence-electron chi connectivity index (χ1n) is 8.73. The first-order valence-corrected chi connectivity index (χ1v) is 8.73. The molecule has 0 aliphatic rings. The summed E-state index contributed by atoms with van der Waals surface area (Å²) in [7, 11) is 1.85. The number of aryl methyl sites for hydroxylation is 1. The number of benzene rings is 1. The lowest BCUT2D eigenvalue weighted by molar-refractivity contribution is 0.0526. The van der Waals surface area contributed by atoms with Gasteiger partial charge in [0.2, 0.25) is 5.88 Å². The largest absolute Gasteiger partial charge is 0.471 e. The van der Waals surface area contributed by atoms with Crippen LogP contribution in [-0.2, 0) is 18.4 Å². The van der Waals surface area contributed by atoms with Gasteiger partial charge in [0, 0.05) is 13.2 Å². The Labute approximate surface area is 160 Å². The molecule has 9 nitrogen and oxygen atoms in total. The van der Waals surface area contributed by atoms with E-state index in [0.29, 0.717) is 29.2 Å². The molecular weight excluding hydrogens is 360 g/mol. The number of rotatable bonds is 6. The van der Waals surface area contributed by atoms with E-state index in [4.69, 9.17) is 9.47 Å². The fourth-order valence-electron chi connectivity index (χ4n) is 2.69. The Balaban J connectivity index is 1.69. The zero-order valence-electron chi connectivity index (χ0n) is 15.4. The molecule has 0 aliphatic heterocycles. The van der Waals surface area contributed by atoms with Gasteiger partial charge in [-0.1, -0.05) is 30.3 Å². The third kappa shape index (κ3) is 3.41. The van der Waals surface area contributed by atoms with E-state index in [-0.39, 0.29) is 12.6 Å². The van der Waals surface area contributed by atoms with E-state index in [2.05, 4.69) is 20.1 Å². The third-order valence-electron chi connectivity index (χ3n) is 4.04. The fourth-order valence-corrected chi connectivity index (χ4v) is 2.69. The second-order valence-corrected chi connectivity index (χ2v) is 6.02. The van der Waals surface area contributed by atoms with E-state index in [0.717, 1.165) is 5.56 Å². The van der Waals surface area contributed by atoms with Crippen LogP contribution in [0.5, 0.6) is 5.88 Å². The minimum Gasteiger partial charge on any atom is -0.471 e. The number of nitrogens with zero attached hydrogens (tertiary/aromatic N) is 6. The first-order chi connectivity index (χ1) is 13.7. The number of carbonyl (C=O) groups excluding carboxylic acids is 1. The van der Waals surface area contributed by atoms with Crippen LogP contribution in [0.2, 0.25) is 0 Å². The lowest BCUT2D eigenvalue weighted by Gasteiger charge is -2.09. The number of fused-ring (bicyclic) bond motifs is 1.